The highest BCUT2D eigenvalue weighted by Crippen LogP contribution is 2.35. The molecule has 1 N–H and O–H groups in total. The summed E-state index contributed by atoms with van der Waals surface area (Å²) in [5.41, 5.74) is 2.30. The summed E-state index contributed by atoms with van der Waals surface area (Å²) < 4.78 is 42.4. The van der Waals surface area contributed by atoms with Crippen LogP contribution in [-0.2, 0) is 14.8 Å². The molecule has 0 fully saturated rings. The van der Waals surface area contributed by atoms with Crippen LogP contribution in [0.4, 0.5) is 5.69 Å². The van der Waals surface area contributed by atoms with Gasteiger partial charge in [-0.05, 0) is 50.1 Å². The number of methoxy groups -OCH3 is 2. The molecule has 0 saturated carbocycles. The number of amides is 1. The van der Waals surface area contributed by atoms with Crippen molar-refractivity contribution in [2.75, 3.05) is 37.9 Å². The van der Waals surface area contributed by atoms with Gasteiger partial charge in [-0.25, -0.2) is 8.42 Å². The second-order valence-electron chi connectivity index (χ2n) is 7.18. The number of hydrogen-bond acceptors (Lipinski definition) is 6. The van der Waals surface area contributed by atoms with E-state index in [0.717, 1.165) is 27.4 Å². The van der Waals surface area contributed by atoms with Crippen molar-refractivity contribution >= 4 is 21.6 Å². The summed E-state index contributed by atoms with van der Waals surface area (Å²) in [5.74, 6) is 1.05. The SMILES string of the molecule is COc1ccc(OC)c(N([C@H](C)C(=O)NCCOc2cc(C)ccc2C)S(C)(=O)=O)c1. The Hall–Kier alpha value is -2.94. The van der Waals surface area contributed by atoms with E-state index in [2.05, 4.69) is 5.32 Å². The van der Waals surface area contributed by atoms with Gasteiger partial charge in [0.2, 0.25) is 15.9 Å². The third-order valence-electron chi connectivity index (χ3n) is 4.71. The van der Waals surface area contributed by atoms with Gasteiger partial charge in [0.1, 0.15) is 29.9 Å². The van der Waals surface area contributed by atoms with Gasteiger partial charge in [-0.1, -0.05) is 12.1 Å². The number of sulfonamides is 1. The van der Waals surface area contributed by atoms with Crippen molar-refractivity contribution in [3.8, 4) is 17.2 Å². The van der Waals surface area contributed by atoms with Gasteiger partial charge in [0.15, 0.2) is 0 Å². The van der Waals surface area contributed by atoms with E-state index in [1.807, 2.05) is 32.0 Å². The lowest BCUT2D eigenvalue weighted by Gasteiger charge is -2.29. The van der Waals surface area contributed by atoms with Crippen molar-refractivity contribution in [3.63, 3.8) is 0 Å². The average Bonchev–Trinajstić information content (AvgIpc) is 2.72. The van der Waals surface area contributed by atoms with Crippen molar-refractivity contribution in [2.45, 2.75) is 26.8 Å². The molecule has 0 aliphatic rings. The first-order valence-corrected chi connectivity index (χ1v) is 11.6. The summed E-state index contributed by atoms with van der Waals surface area (Å²) in [7, 11) is -0.892. The van der Waals surface area contributed by atoms with Crippen LogP contribution in [0.5, 0.6) is 17.2 Å². The van der Waals surface area contributed by atoms with E-state index in [1.54, 1.807) is 12.1 Å². The van der Waals surface area contributed by atoms with Crippen molar-refractivity contribution in [3.05, 3.63) is 47.5 Å². The zero-order chi connectivity index (χ0) is 23.2. The predicted molar refractivity (Wildman–Crippen MR) is 121 cm³/mol. The summed E-state index contributed by atoms with van der Waals surface area (Å²) in [6.45, 7) is 5.91. The van der Waals surface area contributed by atoms with Crippen molar-refractivity contribution in [2.24, 2.45) is 0 Å². The molecule has 170 valence electrons. The molecule has 1 amide bonds. The molecule has 0 spiro atoms. The van der Waals surface area contributed by atoms with Crippen LogP contribution in [-0.4, -0.2) is 54.0 Å². The standard InChI is InChI=1S/C22H30N2O6S/c1-15-7-8-16(2)21(13-15)30-12-11-23-22(25)17(3)24(31(6,26)27)19-14-18(28-4)9-10-20(19)29-5/h7-10,13-14,17H,11-12H2,1-6H3,(H,23,25)/t17-/m1/s1. The van der Waals surface area contributed by atoms with Gasteiger partial charge in [-0.3, -0.25) is 9.10 Å². The van der Waals surface area contributed by atoms with E-state index in [0.29, 0.717) is 11.5 Å². The first-order chi connectivity index (χ1) is 14.6. The number of hydrogen-bond donors (Lipinski definition) is 1. The van der Waals surface area contributed by atoms with E-state index >= 15 is 0 Å². The Kier molecular flexibility index (Phi) is 8.15. The lowest BCUT2D eigenvalue weighted by Crippen LogP contribution is -2.48. The minimum Gasteiger partial charge on any atom is -0.497 e. The molecule has 1 atom stereocenters. The Morgan fingerprint density at radius 3 is 2.39 bits per heavy atom. The van der Waals surface area contributed by atoms with Gasteiger partial charge in [0.25, 0.3) is 0 Å². The molecule has 9 heteroatoms. The van der Waals surface area contributed by atoms with E-state index in [9.17, 15) is 13.2 Å². The molecule has 0 bridgehead atoms. The lowest BCUT2D eigenvalue weighted by molar-refractivity contribution is -0.121. The highest BCUT2D eigenvalue weighted by molar-refractivity contribution is 7.92. The third-order valence-corrected chi connectivity index (χ3v) is 5.94. The quantitative estimate of drug-likeness (QED) is 0.560. The Morgan fingerprint density at radius 1 is 1.06 bits per heavy atom. The first-order valence-electron chi connectivity index (χ1n) is 9.77. The normalized spacial score (nSPS) is 12.1. The zero-order valence-electron chi connectivity index (χ0n) is 18.8. The van der Waals surface area contributed by atoms with Gasteiger partial charge < -0.3 is 19.5 Å². The smallest absolute Gasteiger partial charge is 0.243 e. The van der Waals surface area contributed by atoms with E-state index < -0.39 is 22.0 Å². The Labute approximate surface area is 184 Å². The topological polar surface area (TPSA) is 94.2 Å². The maximum Gasteiger partial charge on any atom is 0.243 e. The van der Waals surface area contributed by atoms with E-state index in [4.69, 9.17) is 14.2 Å². The van der Waals surface area contributed by atoms with Crippen molar-refractivity contribution < 1.29 is 27.4 Å². The number of carbonyl (C=O) groups excluding carboxylic acids is 1. The Bertz CT molecular complexity index is 1020. The number of benzene rings is 2. The fourth-order valence-corrected chi connectivity index (χ4v) is 4.27. The van der Waals surface area contributed by atoms with Gasteiger partial charge in [0, 0.05) is 6.07 Å². The molecule has 0 saturated heterocycles. The molecule has 31 heavy (non-hydrogen) atoms. The zero-order valence-corrected chi connectivity index (χ0v) is 19.6. The summed E-state index contributed by atoms with van der Waals surface area (Å²) in [6, 6.07) is 9.65. The number of carbonyl (C=O) groups is 1. The number of ether oxygens (including phenoxy) is 3. The molecule has 2 rings (SSSR count). The van der Waals surface area contributed by atoms with E-state index in [1.165, 1.54) is 27.2 Å². The first kappa shape index (κ1) is 24.3. The highest BCUT2D eigenvalue weighted by atomic mass is 32.2. The van der Waals surface area contributed by atoms with Crippen LogP contribution in [0.25, 0.3) is 0 Å². The molecule has 0 heterocycles. The van der Waals surface area contributed by atoms with Crippen LogP contribution in [0.1, 0.15) is 18.1 Å². The predicted octanol–water partition coefficient (Wildman–Crippen LogP) is 2.67. The number of nitrogens with one attached hydrogen (secondary N) is 1. The average molecular weight is 451 g/mol. The van der Waals surface area contributed by atoms with Crippen LogP contribution in [0.3, 0.4) is 0 Å². The summed E-state index contributed by atoms with van der Waals surface area (Å²) in [4.78, 5) is 12.7. The van der Waals surface area contributed by atoms with E-state index in [-0.39, 0.29) is 18.8 Å². The van der Waals surface area contributed by atoms with Crippen LogP contribution >= 0.6 is 0 Å². The molecule has 0 aliphatic carbocycles. The largest absolute Gasteiger partial charge is 0.497 e. The lowest BCUT2D eigenvalue weighted by atomic mass is 10.1. The summed E-state index contributed by atoms with van der Waals surface area (Å²) in [6.07, 6.45) is 1.04. The molecule has 0 radical (unpaired) electrons. The maximum atomic E-state index is 12.7. The van der Waals surface area contributed by atoms with Crippen LogP contribution < -0.4 is 23.8 Å². The Morgan fingerprint density at radius 2 is 1.77 bits per heavy atom. The van der Waals surface area contributed by atoms with Crippen molar-refractivity contribution in [1.82, 2.24) is 5.32 Å². The Balaban J connectivity index is 2.13. The summed E-state index contributed by atoms with van der Waals surface area (Å²) >= 11 is 0. The number of anilines is 1. The maximum absolute atomic E-state index is 12.7. The molecule has 0 unspecified atom stereocenters. The minimum atomic E-state index is -3.80. The second-order valence-corrected chi connectivity index (χ2v) is 9.04. The van der Waals surface area contributed by atoms with Gasteiger partial charge in [0.05, 0.1) is 32.7 Å². The van der Waals surface area contributed by atoms with Gasteiger partial charge in [-0.15, -0.1) is 0 Å². The number of aryl methyl sites for hydroxylation is 2. The van der Waals surface area contributed by atoms with Gasteiger partial charge in [-0.2, -0.15) is 0 Å². The molecule has 2 aromatic rings. The molecule has 0 aliphatic heterocycles. The molecular formula is C22H30N2O6S. The molecule has 8 nitrogen and oxygen atoms in total. The molecule has 0 aromatic heterocycles. The van der Waals surface area contributed by atoms with Crippen LogP contribution in [0, 0.1) is 13.8 Å². The number of nitrogens with zero attached hydrogens (tertiary/aromatic N) is 1. The molecule has 2 aromatic carbocycles. The fraction of sp³-hybridized carbons (Fsp3) is 0.409. The highest BCUT2D eigenvalue weighted by Gasteiger charge is 2.31. The minimum absolute atomic E-state index is 0.221. The molecular weight excluding hydrogens is 420 g/mol. The second kappa shape index (κ2) is 10.4. The van der Waals surface area contributed by atoms with Crippen LogP contribution in [0.15, 0.2) is 36.4 Å². The monoisotopic (exact) mass is 450 g/mol. The number of rotatable bonds is 10. The third kappa shape index (κ3) is 6.27. The van der Waals surface area contributed by atoms with Crippen LogP contribution in [0.2, 0.25) is 0 Å². The fourth-order valence-electron chi connectivity index (χ4n) is 3.10. The summed E-state index contributed by atoms with van der Waals surface area (Å²) in [5, 5.41) is 2.73. The van der Waals surface area contributed by atoms with Crippen molar-refractivity contribution in [1.29, 1.82) is 0 Å². The van der Waals surface area contributed by atoms with Gasteiger partial charge >= 0.3 is 0 Å².